The van der Waals surface area contributed by atoms with Crippen LogP contribution in [-0.2, 0) is 10.0 Å². The van der Waals surface area contributed by atoms with Crippen LogP contribution in [0.3, 0.4) is 0 Å². The smallest absolute Gasteiger partial charge is 0.240 e. The number of primary sulfonamides is 1. The standard InChI is InChI=1S/C13H22N4O2S/c1-16-7-3-4-11(9-16)17(2)10-5-6-13(12(14)8-10)20(15,18)19/h5-6,8,11H,3-4,7,9,14H2,1-2H3,(H2,15,18,19). The van der Waals surface area contributed by atoms with E-state index in [9.17, 15) is 8.42 Å². The summed E-state index contributed by atoms with van der Waals surface area (Å²) in [5.74, 6) is 0. The van der Waals surface area contributed by atoms with Crippen LogP contribution in [0.4, 0.5) is 11.4 Å². The SMILES string of the molecule is CN1CCCC(N(C)c2ccc(S(N)(=O)=O)c(N)c2)C1. The van der Waals surface area contributed by atoms with Gasteiger partial charge in [-0.15, -0.1) is 0 Å². The molecule has 0 aliphatic carbocycles. The first kappa shape index (κ1) is 15.1. The molecule has 1 aromatic carbocycles. The molecule has 6 nitrogen and oxygen atoms in total. The minimum absolute atomic E-state index is 0.0181. The number of nitrogens with two attached hydrogens (primary N) is 2. The molecule has 112 valence electrons. The molecule has 0 aromatic heterocycles. The molecule has 0 saturated carbocycles. The average molecular weight is 298 g/mol. The third-order valence-corrected chi connectivity index (χ3v) is 4.84. The fourth-order valence-corrected chi connectivity index (χ4v) is 3.33. The van der Waals surface area contributed by atoms with E-state index < -0.39 is 10.0 Å². The van der Waals surface area contributed by atoms with Crippen molar-refractivity contribution in [3.63, 3.8) is 0 Å². The van der Waals surface area contributed by atoms with E-state index in [1.54, 1.807) is 12.1 Å². The summed E-state index contributed by atoms with van der Waals surface area (Å²) in [6.45, 7) is 2.12. The predicted octanol–water partition coefficient (Wildman–Crippen LogP) is 0.447. The topological polar surface area (TPSA) is 92.7 Å². The maximum Gasteiger partial charge on any atom is 0.240 e. The normalized spacial score (nSPS) is 20.9. The zero-order chi connectivity index (χ0) is 14.9. The Balaban J connectivity index is 2.23. The third-order valence-electron chi connectivity index (χ3n) is 3.85. The van der Waals surface area contributed by atoms with Crippen molar-refractivity contribution in [3.05, 3.63) is 18.2 Å². The highest BCUT2D eigenvalue weighted by atomic mass is 32.2. The molecule has 0 radical (unpaired) electrons. The predicted molar refractivity (Wildman–Crippen MR) is 81.1 cm³/mol. The first-order valence-corrected chi connectivity index (χ1v) is 8.17. The quantitative estimate of drug-likeness (QED) is 0.790. The Morgan fingerprint density at radius 2 is 2.10 bits per heavy atom. The molecule has 1 saturated heterocycles. The van der Waals surface area contributed by atoms with Crippen LogP contribution in [0, 0.1) is 0 Å². The molecule has 0 bridgehead atoms. The number of likely N-dealkylation sites (N-methyl/N-ethyl adjacent to an activating group) is 2. The highest BCUT2D eigenvalue weighted by Crippen LogP contribution is 2.26. The fourth-order valence-electron chi connectivity index (χ4n) is 2.68. The van der Waals surface area contributed by atoms with Crippen LogP contribution in [-0.4, -0.2) is 46.5 Å². The van der Waals surface area contributed by atoms with E-state index in [1.165, 1.54) is 6.07 Å². The van der Waals surface area contributed by atoms with Crippen molar-refractivity contribution >= 4 is 21.4 Å². The summed E-state index contributed by atoms with van der Waals surface area (Å²) in [6, 6.07) is 5.32. The molecule has 0 amide bonds. The molecule has 7 heteroatoms. The summed E-state index contributed by atoms with van der Waals surface area (Å²) in [5, 5.41) is 5.12. The summed E-state index contributed by atoms with van der Waals surface area (Å²) < 4.78 is 22.7. The highest BCUT2D eigenvalue weighted by molar-refractivity contribution is 7.89. The molecule has 1 heterocycles. The maximum absolute atomic E-state index is 11.4. The number of rotatable bonds is 3. The van der Waals surface area contributed by atoms with E-state index in [0.29, 0.717) is 6.04 Å². The fraction of sp³-hybridized carbons (Fsp3) is 0.538. The van der Waals surface area contributed by atoms with Crippen LogP contribution < -0.4 is 15.8 Å². The van der Waals surface area contributed by atoms with Crippen LogP contribution in [0.2, 0.25) is 0 Å². The van der Waals surface area contributed by atoms with Gasteiger partial charge in [0.05, 0.1) is 5.69 Å². The summed E-state index contributed by atoms with van der Waals surface area (Å²) in [4.78, 5) is 4.43. The second-order valence-electron chi connectivity index (χ2n) is 5.44. The summed E-state index contributed by atoms with van der Waals surface area (Å²) in [7, 11) is 0.357. The van der Waals surface area contributed by atoms with E-state index in [4.69, 9.17) is 10.9 Å². The minimum atomic E-state index is -3.76. The number of sulfonamides is 1. The summed E-state index contributed by atoms with van der Waals surface area (Å²) in [6.07, 6.45) is 2.29. The monoisotopic (exact) mass is 298 g/mol. The van der Waals surface area contributed by atoms with Gasteiger partial charge >= 0.3 is 0 Å². The van der Waals surface area contributed by atoms with Gasteiger partial charge in [-0.25, -0.2) is 13.6 Å². The molecule has 0 spiro atoms. The first-order valence-electron chi connectivity index (χ1n) is 6.63. The summed E-state index contributed by atoms with van der Waals surface area (Å²) in [5.41, 5.74) is 6.91. The van der Waals surface area contributed by atoms with Gasteiger partial charge in [-0.05, 0) is 44.6 Å². The van der Waals surface area contributed by atoms with Crippen molar-refractivity contribution in [1.29, 1.82) is 0 Å². The van der Waals surface area contributed by atoms with Crippen molar-refractivity contribution < 1.29 is 8.42 Å². The van der Waals surface area contributed by atoms with Crippen molar-refractivity contribution in [2.45, 2.75) is 23.8 Å². The lowest BCUT2D eigenvalue weighted by Crippen LogP contribution is -2.45. The third kappa shape index (κ3) is 3.23. The molecule has 2 rings (SSSR count). The minimum Gasteiger partial charge on any atom is -0.398 e. The molecule has 1 aliphatic rings. The zero-order valence-electron chi connectivity index (χ0n) is 11.9. The van der Waals surface area contributed by atoms with Gasteiger partial charge in [0.25, 0.3) is 0 Å². The Morgan fingerprint density at radius 3 is 2.65 bits per heavy atom. The second-order valence-corrected chi connectivity index (χ2v) is 6.97. The van der Waals surface area contributed by atoms with Gasteiger partial charge in [-0.3, -0.25) is 0 Å². The number of hydrogen-bond donors (Lipinski definition) is 2. The molecular weight excluding hydrogens is 276 g/mol. The van der Waals surface area contributed by atoms with Gasteiger partial charge in [0.1, 0.15) is 4.90 Å². The van der Waals surface area contributed by atoms with Crippen LogP contribution in [0.25, 0.3) is 0 Å². The van der Waals surface area contributed by atoms with Crippen molar-refractivity contribution in [2.75, 3.05) is 37.8 Å². The van der Waals surface area contributed by atoms with Crippen LogP contribution in [0.5, 0.6) is 0 Å². The van der Waals surface area contributed by atoms with E-state index in [0.717, 1.165) is 31.6 Å². The second kappa shape index (κ2) is 5.59. The number of nitrogens with zero attached hydrogens (tertiary/aromatic N) is 2. The average Bonchev–Trinajstić information content (AvgIpc) is 2.36. The highest BCUT2D eigenvalue weighted by Gasteiger charge is 2.22. The van der Waals surface area contributed by atoms with Gasteiger partial charge < -0.3 is 15.5 Å². The largest absolute Gasteiger partial charge is 0.398 e. The van der Waals surface area contributed by atoms with Gasteiger partial charge in [0, 0.05) is 25.3 Å². The molecule has 20 heavy (non-hydrogen) atoms. The molecule has 1 fully saturated rings. The van der Waals surface area contributed by atoms with Gasteiger partial charge in [-0.1, -0.05) is 0 Å². The molecular formula is C13H22N4O2S. The Labute approximate surface area is 120 Å². The van der Waals surface area contributed by atoms with Crippen molar-refractivity contribution in [2.24, 2.45) is 5.14 Å². The number of hydrogen-bond acceptors (Lipinski definition) is 5. The molecule has 1 unspecified atom stereocenters. The van der Waals surface area contributed by atoms with Crippen molar-refractivity contribution in [3.8, 4) is 0 Å². The number of anilines is 2. The first-order chi connectivity index (χ1) is 9.29. The molecule has 1 aliphatic heterocycles. The molecule has 4 N–H and O–H groups in total. The van der Waals surface area contributed by atoms with E-state index in [1.807, 2.05) is 7.05 Å². The Hall–Kier alpha value is -1.31. The van der Waals surface area contributed by atoms with E-state index in [-0.39, 0.29) is 10.6 Å². The maximum atomic E-state index is 11.4. The molecule has 1 atom stereocenters. The zero-order valence-corrected chi connectivity index (χ0v) is 12.7. The molecule has 1 aromatic rings. The van der Waals surface area contributed by atoms with Crippen LogP contribution in [0.1, 0.15) is 12.8 Å². The Morgan fingerprint density at radius 1 is 1.40 bits per heavy atom. The van der Waals surface area contributed by atoms with E-state index in [2.05, 4.69) is 16.8 Å². The van der Waals surface area contributed by atoms with Gasteiger partial charge in [-0.2, -0.15) is 0 Å². The lowest BCUT2D eigenvalue weighted by atomic mass is 10.0. The number of benzene rings is 1. The summed E-state index contributed by atoms with van der Waals surface area (Å²) >= 11 is 0. The van der Waals surface area contributed by atoms with Gasteiger partial charge in [0.2, 0.25) is 10.0 Å². The van der Waals surface area contributed by atoms with E-state index >= 15 is 0 Å². The van der Waals surface area contributed by atoms with Crippen LogP contribution >= 0.6 is 0 Å². The lowest BCUT2D eigenvalue weighted by Gasteiger charge is -2.37. The Bertz CT molecular complexity index is 588. The van der Waals surface area contributed by atoms with Crippen molar-refractivity contribution in [1.82, 2.24) is 4.90 Å². The number of nitrogen functional groups attached to an aromatic ring is 1. The number of likely N-dealkylation sites (tertiary alicyclic amines) is 1. The Kier molecular flexibility index (Phi) is 4.22. The van der Waals surface area contributed by atoms with Gasteiger partial charge in [0.15, 0.2) is 0 Å². The number of piperidine rings is 1. The van der Waals surface area contributed by atoms with Crippen LogP contribution in [0.15, 0.2) is 23.1 Å². The lowest BCUT2D eigenvalue weighted by molar-refractivity contribution is 0.248.